The van der Waals surface area contributed by atoms with Crippen LogP contribution in [0.15, 0.2) is 12.3 Å². The van der Waals surface area contributed by atoms with Crippen molar-refractivity contribution in [2.75, 3.05) is 14.1 Å². The van der Waals surface area contributed by atoms with Crippen LogP contribution in [0.3, 0.4) is 0 Å². The molecule has 1 aromatic rings. The molecule has 0 bridgehead atoms. The Labute approximate surface area is 93.0 Å². The Morgan fingerprint density at radius 1 is 1.56 bits per heavy atom. The predicted octanol–water partition coefficient (Wildman–Crippen LogP) is -1.60. The third-order valence-electron chi connectivity index (χ3n) is 2.02. The SMILES string of the molecule is CN(C)C(=O)c1ccn(CC(N)C(N)=O)n1. The van der Waals surface area contributed by atoms with Crippen LogP contribution in [0, 0.1) is 0 Å². The smallest absolute Gasteiger partial charge is 0.273 e. The zero-order valence-electron chi connectivity index (χ0n) is 9.25. The minimum absolute atomic E-state index is 0.163. The van der Waals surface area contributed by atoms with Gasteiger partial charge in [-0.2, -0.15) is 5.10 Å². The number of nitrogens with zero attached hydrogens (tertiary/aromatic N) is 3. The average molecular weight is 225 g/mol. The molecular weight excluding hydrogens is 210 g/mol. The molecule has 0 fully saturated rings. The first-order chi connectivity index (χ1) is 7.41. The molecule has 7 nitrogen and oxygen atoms in total. The first-order valence-electron chi connectivity index (χ1n) is 4.72. The summed E-state index contributed by atoms with van der Waals surface area (Å²) in [6.07, 6.45) is 1.58. The molecule has 0 saturated heterocycles. The van der Waals surface area contributed by atoms with Gasteiger partial charge in [0.2, 0.25) is 5.91 Å². The predicted molar refractivity (Wildman–Crippen MR) is 57.4 cm³/mol. The topological polar surface area (TPSA) is 107 Å². The van der Waals surface area contributed by atoms with E-state index in [1.807, 2.05) is 0 Å². The van der Waals surface area contributed by atoms with Crippen LogP contribution < -0.4 is 11.5 Å². The highest BCUT2D eigenvalue weighted by Crippen LogP contribution is 1.99. The second-order valence-corrected chi connectivity index (χ2v) is 3.63. The zero-order valence-corrected chi connectivity index (χ0v) is 9.25. The molecule has 4 N–H and O–H groups in total. The van der Waals surface area contributed by atoms with Gasteiger partial charge in [0, 0.05) is 20.3 Å². The molecule has 88 valence electrons. The maximum atomic E-state index is 11.5. The molecule has 0 aliphatic carbocycles. The fourth-order valence-corrected chi connectivity index (χ4v) is 1.10. The Balaban J connectivity index is 2.72. The van der Waals surface area contributed by atoms with Crippen LogP contribution in [0.4, 0.5) is 0 Å². The van der Waals surface area contributed by atoms with Crippen molar-refractivity contribution in [1.82, 2.24) is 14.7 Å². The summed E-state index contributed by atoms with van der Waals surface area (Å²) in [5.74, 6) is -0.803. The Kier molecular flexibility index (Phi) is 3.62. The van der Waals surface area contributed by atoms with Gasteiger partial charge >= 0.3 is 0 Å². The van der Waals surface area contributed by atoms with Crippen molar-refractivity contribution in [2.24, 2.45) is 11.5 Å². The molecule has 16 heavy (non-hydrogen) atoms. The number of hydrogen-bond donors (Lipinski definition) is 2. The van der Waals surface area contributed by atoms with Crippen LogP contribution in [-0.4, -0.2) is 46.6 Å². The van der Waals surface area contributed by atoms with E-state index in [-0.39, 0.29) is 12.5 Å². The summed E-state index contributed by atoms with van der Waals surface area (Å²) in [5, 5.41) is 3.99. The van der Waals surface area contributed by atoms with Crippen molar-refractivity contribution >= 4 is 11.8 Å². The maximum absolute atomic E-state index is 11.5. The maximum Gasteiger partial charge on any atom is 0.273 e. The van der Waals surface area contributed by atoms with Gasteiger partial charge in [0.15, 0.2) is 0 Å². The number of hydrogen-bond acceptors (Lipinski definition) is 4. The fourth-order valence-electron chi connectivity index (χ4n) is 1.10. The highest BCUT2D eigenvalue weighted by Gasteiger charge is 2.14. The number of rotatable bonds is 4. The van der Waals surface area contributed by atoms with Crippen molar-refractivity contribution in [2.45, 2.75) is 12.6 Å². The minimum Gasteiger partial charge on any atom is -0.368 e. The molecule has 2 amide bonds. The van der Waals surface area contributed by atoms with Crippen molar-refractivity contribution in [1.29, 1.82) is 0 Å². The lowest BCUT2D eigenvalue weighted by atomic mass is 10.3. The quantitative estimate of drug-likeness (QED) is 0.643. The van der Waals surface area contributed by atoms with Crippen LogP contribution in [-0.2, 0) is 11.3 Å². The summed E-state index contributed by atoms with van der Waals surface area (Å²) in [6.45, 7) is 0.163. The van der Waals surface area contributed by atoms with E-state index in [0.717, 1.165) is 0 Å². The largest absolute Gasteiger partial charge is 0.368 e. The van der Waals surface area contributed by atoms with Crippen molar-refractivity contribution in [3.8, 4) is 0 Å². The van der Waals surface area contributed by atoms with Gasteiger partial charge in [-0.3, -0.25) is 14.3 Å². The lowest BCUT2D eigenvalue weighted by molar-refractivity contribution is -0.119. The molecule has 1 aromatic heterocycles. The van der Waals surface area contributed by atoms with E-state index in [4.69, 9.17) is 11.5 Å². The van der Waals surface area contributed by atoms with E-state index in [1.54, 1.807) is 26.4 Å². The van der Waals surface area contributed by atoms with E-state index in [9.17, 15) is 9.59 Å². The zero-order chi connectivity index (χ0) is 12.3. The third kappa shape index (κ3) is 2.80. The fraction of sp³-hybridized carbons (Fsp3) is 0.444. The number of nitrogens with two attached hydrogens (primary N) is 2. The van der Waals surface area contributed by atoms with Crippen LogP contribution in [0.1, 0.15) is 10.5 Å². The molecular formula is C9H15N5O2. The summed E-state index contributed by atoms with van der Waals surface area (Å²) in [4.78, 5) is 23.7. The van der Waals surface area contributed by atoms with E-state index < -0.39 is 11.9 Å². The van der Waals surface area contributed by atoms with Crippen LogP contribution in [0.5, 0.6) is 0 Å². The summed E-state index contributed by atoms with van der Waals surface area (Å²) < 4.78 is 1.42. The average Bonchev–Trinajstić information content (AvgIpc) is 2.64. The van der Waals surface area contributed by atoms with Crippen LogP contribution in [0.2, 0.25) is 0 Å². The summed E-state index contributed by atoms with van der Waals surface area (Å²) in [5.41, 5.74) is 10.8. The number of aromatic nitrogens is 2. The van der Waals surface area contributed by atoms with Crippen LogP contribution in [0.25, 0.3) is 0 Å². The second kappa shape index (κ2) is 4.75. The number of primary amides is 1. The van der Waals surface area contributed by atoms with Gasteiger partial charge in [0.05, 0.1) is 6.54 Å². The molecule has 1 heterocycles. The van der Waals surface area contributed by atoms with Gasteiger partial charge < -0.3 is 16.4 Å². The molecule has 0 aromatic carbocycles. The van der Waals surface area contributed by atoms with Crippen molar-refractivity contribution < 1.29 is 9.59 Å². The Morgan fingerprint density at radius 3 is 2.69 bits per heavy atom. The monoisotopic (exact) mass is 225 g/mol. The lowest BCUT2D eigenvalue weighted by Crippen LogP contribution is -2.40. The van der Waals surface area contributed by atoms with Crippen LogP contribution >= 0.6 is 0 Å². The number of carbonyl (C=O) groups is 2. The summed E-state index contributed by atoms with van der Waals surface area (Å²) in [6, 6.07) is 0.762. The molecule has 0 radical (unpaired) electrons. The Bertz CT molecular complexity index is 398. The molecule has 1 unspecified atom stereocenters. The lowest BCUT2D eigenvalue weighted by Gasteiger charge is -2.08. The normalized spacial score (nSPS) is 12.2. The highest BCUT2D eigenvalue weighted by atomic mass is 16.2. The molecule has 0 aliphatic rings. The standard InChI is InChI=1S/C9H15N5O2/c1-13(2)9(16)7-3-4-14(12-7)5-6(10)8(11)15/h3-4,6H,5,10H2,1-2H3,(H2,11,15). The van der Waals surface area contributed by atoms with Gasteiger partial charge in [-0.05, 0) is 6.07 Å². The number of amides is 2. The summed E-state index contributed by atoms with van der Waals surface area (Å²) >= 11 is 0. The molecule has 0 spiro atoms. The van der Waals surface area contributed by atoms with Gasteiger partial charge in [0.1, 0.15) is 11.7 Å². The molecule has 0 saturated carbocycles. The van der Waals surface area contributed by atoms with Gasteiger partial charge in [-0.1, -0.05) is 0 Å². The molecule has 7 heteroatoms. The van der Waals surface area contributed by atoms with Crippen molar-refractivity contribution in [3.05, 3.63) is 18.0 Å². The van der Waals surface area contributed by atoms with E-state index >= 15 is 0 Å². The van der Waals surface area contributed by atoms with E-state index in [0.29, 0.717) is 5.69 Å². The van der Waals surface area contributed by atoms with Gasteiger partial charge in [-0.15, -0.1) is 0 Å². The summed E-state index contributed by atoms with van der Waals surface area (Å²) in [7, 11) is 3.27. The Hall–Kier alpha value is -1.89. The van der Waals surface area contributed by atoms with Gasteiger partial charge in [-0.25, -0.2) is 0 Å². The molecule has 0 aliphatic heterocycles. The molecule has 1 rings (SSSR count). The number of carbonyl (C=O) groups excluding carboxylic acids is 2. The minimum atomic E-state index is -0.804. The second-order valence-electron chi connectivity index (χ2n) is 3.63. The van der Waals surface area contributed by atoms with E-state index in [2.05, 4.69) is 5.10 Å². The third-order valence-corrected chi connectivity index (χ3v) is 2.02. The first-order valence-corrected chi connectivity index (χ1v) is 4.72. The first kappa shape index (κ1) is 12.2. The van der Waals surface area contributed by atoms with Crippen molar-refractivity contribution in [3.63, 3.8) is 0 Å². The molecule has 1 atom stereocenters. The van der Waals surface area contributed by atoms with E-state index in [1.165, 1.54) is 9.58 Å². The highest BCUT2D eigenvalue weighted by molar-refractivity contribution is 5.91. The Morgan fingerprint density at radius 2 is 2.19 bits per heavy atom. The van der Waals surface area contributed by atoms with Gasteiger partial charge in [0.25, 0.3) is 5.91 Å².